The third kappa shape index (κ3) is 1.05. The summed E-state index contributed by atoms with van der Waals surface area (Å²) < 4.78 is 0. The first-order valence-corrected chi connectivity index (χ1v) is 3.61. The maximum Gasteiger partial charge on any atom is 0.136 e. The van der Waals surface area contributed by atoms with E-state index in [9.17, 15) is 4.79 Å². The minimum Gasteiger partial charge on any atom is -0.299 e. The second-order valence-corrected chi connectivity index (χ2v) is 2.60. The van der Waals surface area contributed by atoms with Crippen molar-refractivity contribution >= 4 is 18.4 Å². The Labute approximate surface area is 54.9 Å². The van der Waals surface area contributed by atoms with E-state index in [-0.39, 0.29) is 0 Å². The quantitative estimate of drug-likeness (QED) is 0.529. The highest BCUT2D eigenvalue weighted by molar-refractivity contribution is 7.80. The molecule has 1 unspecified atom stereocenters. The molecule has 8 heavy (non-hydrogen) atoms. The first-order chi connectivity index (χ1) is 3.84. The zero-order valence-electron chi connectivity index (χ0n) is 4.76. The van der Waals surface area contributed by atoms with Gasteiger partial charge in [0.1, 0.15) is 5.78 Å². The van der Waals surface area contributed by atoms with Crippen molar-refractivity contribution in [2.24, 2.45) is 5.92 Å². The Bertz CT molecular complexity index is 101. The first kappa shape index (κ1) is 6.14. The summed E-state index contributed by atoms with van der Waals surface area (Å²) >= 11 is 4.05. The van der Waals surface area contributed by atoms with Crippen LogP contribution in [0.25, 0.3) is 0 Å². The van der Waals surface area contributed by atoms with Gasteiger partial charge in [-0.3, -0.25) is 4.79 Å². The number of carbonyl (C=O) groups excluding carboxylic acids is 1. The molecule has 0 aliphatic heterocycles. The lowest BCUT2D eigenvalue weighted by molar-refractivity contribution is -0.120. The molecular weight excluding hydrogens is 120 g/mol. The fraction of sp³-hybridized carbons (Fsp3) is 0.833. The molecule has 0 amide bonds. The van der Waals surface area contributed by atoms with Gasteiger partial charge in [-0.1, -0.05) is 0 Å². The third-order valence-electron chi connectivity index (χ3n) is 1.65. The highest BCUT2D eigenvalue weighted by atomic mass is 32.1. The van der Waals surface area contributed by atoms with E-state index < -0.39 is 0 Å². The fourth-order valence-electron chi connectivity index (χ4n) is 1.08. The largest absolute Gasteiger partial charge is 0.299 e. The summed E-state index contributed by atoms with van der Waals surface area (Å²) in [5, 5.41) is 0. The second-order valence-electron chi connectivity index (χ2n) is 2.24. The molecule has 46 valence electrons. The molecule has 0 radical (unpaired) electrons. The van der Waals surface area contributed by atoms with E-state index in [0.29, 0.717) is 11.7 Å². The molecule has 0 aromatic carbocycles. The monoisotopic (exact) mass is 130 g/mol. The van der Waals surface area contributed by atoms with Gasteiger partial charge in [-0.25, -0.2) is 0 Å². The predicted octanol–water partition coefficient (Wildman–Crippen LogP) is 1.29. The van der Waals surface area contributed by atoms with Crippen LogP contribution >= 0.6 is 12.6 Å². The molecule has 1 aliphatic rings. The number of thiol groups is 1. The molecular formula is C6H10OS. The average Bonchev–Trinajstić information content (AvgIpc) is 2.14. The molecule has 2 heteroatoms. The minimum atomic E-state index is 0.290. The van der Waals surface area contributed by atoms with Gasteiger partial charge in [-0.15, -0.1) is 0 Å². The van der Waals surface area contributed by atoms with Crippen molar-refractivity contribution in [3.05, 3.63) is 0 Å². The van der Waals surface area contributed by atoms with Gasteiger partial charge >= 0.3 is 0 Å². The van der Waals surface area contributed by atoms with E-state index in [1.165, 1.54) is 0 Å². The van der Waals surface area contributed by atoms with E-state index in [2.05, 4.69) is 12.6 Å². The Kier molecular flexibility index (Phi) is 1.95. The molecule has 1 atom stereocenters. The van der Waals surface area contributed by atoms with E-state index in [1.807, 2.05) is 0 Å². The molecule has 0 saturated heterocycles. The van der Waals surface area contributed by atoms with E-state index >= 15 is 0 Å². The molecule has 0 N–H and O–H groups in total. The maximum absolute atomic E-state index is 10.8. The summed E-state index contributed by atoms with van der Waals surface area (Å²) in [4.78, 5) is 10.8. The summed E-state index contributed by atoms with van der Waals surface area (Å²) in [6.07, 6.45) is 2.96. The van der Waals surface area contributed by atoms with Gasteiger partial charge in [0.05, 0.1) is 0 Å². The lowest BCUT2D eigenvalue weighted by Crippen LogP contribution is -2.06. The van der Waals surface area contributed by atoms with Crippen LogP contribution in [0.1, 0.15) is 19.3 Å². The van der Waals surface area contributed by atoms with Crippen molar-refractivity contribution in [1.82, 2.24) is 0 Å². The molecule has 0 bridgehead atoms. The Balaban J connectivity index is 2.42. The van der Waals surface area contributed by atoms with Crippen LogP contribution in [-0.2, 0) is 4.79 Å². The standard InChI is InChI=1S/C6H10OS/c7-6-3-1-2-5(6)4-8/h5,8H,1-4H2. The van der Waals surface area contributed by atoms with Crippen molar-refractivity contribution < 1.29 is 4.79 Å². The SMILES string of the molecule is O=C1CCCC1CS. The maximum atomic E-state index is 10.8. The van der Waals surface area contributed by atoms with Crippen molar-refractivity contribution in [3.63, 3.8) is 0 Å². The van der Waals surface area contributed by atoms with Crippen LogP contribution in [-0.4, -0.2) is 11.5 Å². The van der Waals surface area contributed by atoms with Gasteiger partial charge in [-0.05, 0) is 18.6 Å². The zero-order chi connectivity index (χ0) is 5.98. The van der Waals surface area contributed by atoms with Gasteiger partial charge < -0.3 is 0 Å². The molecule has 0 spiro atoms. The molecule has 1 saturated carbocycles. The van der Waals surface area contributed by atoms with Gasteiger partial charge in [0.2, 0.25) is 0 Å². The van der Waals surface area contributed by atoms with Crippen LogP contribution in [0.5, 0.6) is 0 Å². The van der Waals surface area contributed by atoms with Gasteiger partial charge in [0, 0.05) is 12.3 Å². The van der Waals surface area contributed by atoms with Crippen molar-refractivity contribution in [1.29, 1.82) is 0 Å². The van der Waals surface area contributed by atoms with Gasteiger partial charge in [0.15, 0.2) is 0 Å². The van der Waals surface area contributed by atoms with Crippen LogP contribution in [0.4, 0.5) is 0 Å². The van der Waals surface area contributed by atoms with Crippen LogP contribution < -0.4 is 0 Å². The number of carbonyl (C=O) groups is 1. The zero-order valence-corrected chi connectivity index (χ0v) is 5.66. The predicted molar refractivity (Wildman–Crippen MR) is 36.2 cm³/mol. The summed E-state index contributed by atoms with van der Waals surface area (Å²) in [5.41, 5.74) is 0. The Morgan fingerprint density at radius 1 is 1.75 bits per heavy atom. The molecule has 1 fully saturated rings. The number of hydrogen-bond donors (Lipinski definition) is 1. The summed E-state index contributed by atoms with van der Waals surface area (Å²) in [7, 11) is 0. The molecule has 1 rings (SSSR count). The Morgan fingerprint density at radius 2 is 2.50 bits per heavy atom. The first-order valence-electron chi connectivity index (χ1n) is 2.98. The summed E-state index contributed by atoms with van der Waals surface area (Å²) in [6.45, 7) is 0. The topological polar surface area (TPSA) is 17.1 Å². The Hall–Kier alpha value is 0.0200. The molecule has 0 heterocycles. The molecule has 0 aromatic rings. The van der Waals surface area contributed by atoms with E-state index in [4.69, 9.17) is 0 Å². The molecule has 1 nitrogen and oxygen atoms in total. The third-order valence-corrected chi connectivity index (χ3v) is 2.09. The smallest absolute Gasteiger partial charge is 0.136 e. The van der Waals surface area contributed by atoms with Crippen molar-refractivity contribution in [3.8, 4) is 0 Å². The number of rotatable bonds is 1. The number of Topliss-reactive ketones (excluding diaryl/α,β-unsaturated/α-hetero) is 1. The minimum absolute atomic E-state index is 0.290. The normalized spacial score (nSPS) is 29.1. The van der Waals surface area contributed by atoms with E-state index in [0.717, 1.165) is 25.0 Å². The average molecular weight is 130 g/mol. The van der Waals surface area contributed by atoms with Crippen molar-refractivity contribution in [2.45, 2.75) is 19.3 Å². The lowest BCUT2D eigenvalue weighted by atomic mass is 10.1. The molecule has 1 aliphatic carbocycles. The lowest BCUT2D eigenvalue weighted by Gasteiger charge is -1.98. The van der Waals surface area contributed by atoms with Crippen molar-refractivity contribution in [2.75, 3.05) is 5.75 Å². The van der Waals surface area contributed by atoms with Crippen LogP contribution in [0.3, 0.4) is 0 Å². The highest BCUT2D eigenvalue weighted by Gasteiger charge is 2.21. The highest BCUT2D eigenvalue weighted by Crippen LogP contribution is 2.21. The van der Waals surface area contributed by atoms with Gasteiger partial charge in [-0.2, -0.15) is 12.6 Å². The fourth-order valence-corrected chi connectivity index (χ4v) is 1.47. The van der Waals surface area contributed by atoms with Crippen LogP contribution in [0.2, 0.25) is 0 Å². The number of ketones is 1. The Morgan fingerprint density at radius 3 is 2.75 bits per heavy atom. The van der Waals surface area contributed by atoms with Gasteiger partial charge in [0.25, 0.3) is 0 Å². The number of hydrogen-bond acceptors (Lipinski definition) is 2. The van der Waals surface area contributed by atoms with Crippen LogP contribution in [0.15, 0.2) is 0 Å². The molecule has 0 aromatic heterocycles. The summed E-state index contributed by atoms with van der Waals surface area (Å²) in [6, 6.07) is 0. The summed E-state index contributed by atoms with van der Waals surface area (Å²) in [5.74, 6) is 1.46. The van der Waals surface area contributed by atoms with E-state index in [1.54, 1.807) is 0 Å². The van der Waals surface area contributed by atoms with Crippen LogP contribution in [0, 0.1) is 5.92 Å². The second kappa shape index (κ2) is 2.53.